The van der Waals surface area contributed by atoms with E-state index >= 15 is 0 Å². The fourth-order valence-corrected chi connectivity index (χ4v) is 3.74. The van der Waals surface area contributed by atoms with Crippen molar-refractivity contribution in [1.82, 2.24) is 9.78 Å². The molecule has 30 heavy (non-hydrogen) atoms. The minimum atomic E-state index is 0.0383. The van der Waals surface area contributed by atoms with Crippen molar-refractivity contribution >= 4 is 17.3 Å². The number of nitrogens with one attached hydrogen (secondary N) is 1. The molecule has 5 nitrogen and oxygen atoms in total. The van der Waals surface area contributed by atoms with Gasteiger partial charge in [0.15, 0.2) is 0 Å². The van der Waals surface area contributed by atoms with E-state index in [0.29, 0.717) is 12.8 Å². The van der Waals surface area contributed by atoms with Crippen molar-refractivity contribution in [3.63, 3.8) is 0 Å². The van der Waals surface area contributed by atoms with Crippen LogP contribution < -0.4 is 10.2 Å². The molecular weight excluding hydrogens is 372 g/mol. The van der Waals surface area contributed by atoms with E-state index < -0.39 is 0 Å². The van der Waals surface area contributed by atoms with E-state index in [1.165, 1.54) is 5.69 Å². The Morgan fingerprint density at radius 1 is 1.00 bits per heavy atom. The summed E-state index contributed by atoms with van der Waals surface area (Å²) >= 11 is 0. The van der Waals surface area contributed by atoms with Crippen LogP contribution in [0.5, 0.6) is 0 Å². The second-order valence-electron chi connectivity index (χ2n) is 7.73. The Labute approximate surface area is 179 Å². The van der Waals surface area contributed by atoms with Gasteiger partial charge >= 0.3 is 0 Å². The number of carbonyl (C=O) groups is 1. The highest BCUT2D eigenvalue weighted by atomic mass is 16.1. The van der Waals surface area contributed by atoms with E-state index in [9.17, 15) is 4.79 Å². The van der Waals surface area contributed by atoms with Gasteiger partial charge in [-0.25, -0.2) is 4.68 Å². The van der Waals surface area contributed by atoms with E-state index in [4.69, 9.17) is 0 Å². The van der Waals surface area contributed by atoms with Gasteiger partial charge in [-0.2, -0.15) is 5.10 Å². The number of hydrogen-bond acceptors (Lipinski definition) is 3. The molecule has 0 saturated carbocycles. The van der Waals surface area contributed by atoms with Gasteiger partial charge < -0.3 is 10.2 Å². The predicted octanol–water partition coefficient (Wildman–Crippen LogP) is 5.22. The lowest BCUT2D eigenvalue weighted by Gasteiger charge is -2.22. The summed E-state index contributed by atoms with van der Waals surface area (Å²) in [5.41, 5.74) is 7.47. The molecule has 0 atom stereocenters. The molecule has 0 aliphatic rings. The molecule has 3 aromatic rings. The SMILES string of the molecule is CCN(CC)c1ccc(NC(=O)CCc2ccc(-n3nc(C)cc3C)cc2)c(C)c1. The third kappa shape index (κ3) is 5.09. The Morgan fingerprint density at radius 2 is 1.70 bits per heavy atom. The first-order valence-corrected chi connectivity index (χ1v) is 10.7. The number of hydrogen-bond donors (Lipinski definition) is 1. The van der Waals surface area contributed by atoms with Gasteiger partial charge in [-0.15, -0.1) is 0 Å². The molecule has 5 heteroatoms. The van der Waals surface area contributed by atoms with E-state index in [1.54, 1.807) is 0 Å². The lowest BCUT2D eigenvalue weighted by Crippen LogP contribution is -2.22. The van der Waals surface area contributed by atoms with Gasteiger partial charge in [-0.1, -0.05) is 12.1 Å². The average Bonchev–Trinajstić information content (AvgIpc) is 3.07. The normalized spacial score (nSPS) is 10.8. The van der Waals surface area contributed by atoms with Gasteiger partial charge in [0.1, 0.15) is 0 Å². The number of nitrogens with zero attached hydrogens (tertiary/aromatic N) is 3. The molecule has 0 aliphatic carbocycles. The monoisotopic (exact) mass is 404 g/mol. The van der Waals surface area contributed by atoms with Crippen molar-refractivity contribution in [1.29, 1.82) is 0 Å². The van der Waals surface area contributed by atoms with Crippen LogP contribution in [-0.2, 0) is 11.2 Å². The maximum atomic E-state index is 12.5. The molecule has 1 N–H and O–H groups in total. The number of rotatable bonds is 8. The minimum absolute atomic E-state index is 0.0383. The van der Waals surface area contributed by atoms with E-state index in [1.807, 2.05) is 24.6 Å². The van der Waals surface area contributed by atoms with Crippen LogP contribution in [0.3, 0.4) is 0 Å². The average molecular weight is 405 g/mol. The topological polar surface area (TPSA) is 50.2 Å². The molecule has 0 spiro atoms. The first kappa shape index (κ1) is 21.6. The molecule has 1 heterocycles. The van der Waals surface area contributed by atoms with Gasteiger partial charge in [0, 0.05) is 36.6 Å². The second kappa shape index (κ2) is 9.61. The van der Waals surface area contributed by atoms with Crippen LogP contribution in [0, 0.1) is 20.8 Å². The fraction of sp³-hybridized carbons (Fsp3) is 0.360. The largest absolute Gasteiger partial charge is 0.372 e. The molecular formula is C25H32N4O. The third-order valence-electron chi connectivity index (χ3n) is 5.44. The molecule has 0 fully saturated rings. The maximum Gasteiger partial charge on any atom is 0.224 e. The maximum absolute atomic E-state index is 12.5. The minimum Gasteiger partial charge on any atom is -0.372 e. The molecule has 0 radical (unpaired) electrons. The zero-order valence-corrected chi connectivity index (χ0v) is 18.7. The Balaban J connectivity index is 1.57. The molecule has 1 aromatic heterocycles. The molecule has 0 aliphatic heterocycles. The van der Waals surface area contributed by atoms with E-state index in [-0.39, 0.29) is 5.91 Å². The van der Waals surface area contributed by atoms with Crippen molar-refractivity contribution in [3.05, 3.63) is 71.0 Å². The molecule has 0 bridgehead atoms. The molecule has 1 amide bonds. The quantitative estimate of drug-likeness (QED) is 0.560. The summed E-state index contributed by atoms with van der Waals surface area (Å²) in [6.07, 6.45) is 1.16. The number of benzene rings is 2. The Bertz CT molecular complexity index is 1000. The molecule has 2 aromatic carbocycles. The molecule has 0 saturated heterocycles. The van der Waals surface area contributed by atoms with E-state index in [2.05, 4.69) is 78.6 Å². The molecule has 0 unspecified atom stereocenters. The summed E-state index contributed by atoms with van der Waals surface area (Å²) in [4.78, 5) is 14.8. The lowest BCUT2D eigenvalue weighted by atomic mass is 10.1. The predicted molar refractivity (Wildman–Crippen MR) is 125 cm³/mol. The van der Waals surface area contributed by atoms with Crippen LogP contribution in [0.25, 0.3) is 5.69 Å². The number of aryl methyl sites for hydroxylation is 4. The second-order valence-corrected chi connectivity index (χ2v) is 7.73. The van der Waals surface area contributed by atoms with E-state index in [0.717, 1.165) is 47.0 Å². The van der Waals surface area contributed by atoms with Crippen LogP contribution in [-0.4, -0.2) is 28.8 Å². The summed E-state index contributed by atoms with van der Waals surface area (Å²) in [5.74, 6) is 0.0383. The molecule has 158 valence electrons. The highest BCUT2D eigenvalue weighted by Crippen LogP contribution is 2.23. The van der Waals surface area contributed by atoms with Gasteiger partial charge in [-0.05, 0) is 88.6 Å². The highest BCUT2D eigenvalue weighted by molar-refractivity contribution is 5.91. The van der Waals surface area contributed by atoms with Gasteiger partial charge in [0.2, 0.25) is 5.91 Å². The summed E-state index contributed by atoms with van der Waals surface area (Å²) in [6, 6.07) is 16.5. The zero-order chi connectivity index (χ0) is 21.7. The van der Waals surface area contributed by atoms with Crippen molar-refractivity contribution in [2.75, 3.05) is 23.3 Å². The van der Waals surface area contributed by atoms with Crippen molar-refractivity contribution in [2.45, 2.75) is 47.5 Å². The Hall–Kier alpha value is -3.08. The lowest BCUT2D eigenvalue weighted by molar-refractivity contribution is -0.116. The first-order chi connectivity index (χ1) is 14.4. The summed E-state index contributed by atoms with van der Waals surface area (Å²) < 4.78 is 1.94. The first-order valence-electron chi connectivity index (χ1n) is 10.7. The fourth-order valence-electron chi connectivity index (χ4n) is 3.74. The van der Waals surface area contributed by atoms with Crippen molar-refractivity contribution in [3.8, 4) is 5.69 Å². The van der Waals surface area contributed by atoms with Crippen LogP contribution in [0.15, 0.2) is 48.5 Å². The van der Waals surface area contributed by atoms with Crippen LogP contribution in [0.2, 0.25) is 0 Å². The van der Waals surface area contributed by atoms with Crippen molar-refractivity contribution < 1.29 is 4.79 Å². The van der Waals surface area contributed by atoms with Gasteiger partial charge in [-0.3, -0.25) is 4.79 Å². The number of amides is 1. The number of aromatic nitrogens is 2. The Morgan fingerprint density at radius 3 is 2.27 bits per heavy atom. The van der Waals surface area contributed by atoms with Gasteiger partial charge in [0.05, 0.1) is 11.4 Å². The summed E-state index contributed by atoms with van der Waals surface area (Å²) in [5, 5.41) is 7.58. The van der Waals surface area contributed by atoms with Crippen LogP contribution >= 0.6 is 0 Å². The summed E-state index contributed by atoms with van der Waals surface area (Å²) in [7, 11) is 0. The smallest absolute Gasteiger partial charge is 0.224 e. The van der Waals surface area contributed by atoms with Crippen LogP contribution in [0.1, 0.15) is 42.8 Å². The number of carbonyl (C=O) groups excluding carboxylic acids is 1. The van der Waals surface area contributed by atoms with Crippen molar-refractivity contribution in [2.24, 2.45) is 0 Å². The summed E-state index contributed by atoms with van der Waals surface area (Å²) in [6.45, 7) is 12.3. The Kier molecular flexibility index (Phi) is 6.93. The number of anilines is 2. The highest BCUT2D eigenvalue weighted by Gasteiger charge is 2.09. The van der Waals surface area contributed by atoms with Gasteiger partial charge in [0.25, 0.3) is 0 Å². The molecule has 3 rings (SSSR count). The standard InChI is InChI=1S/C25H32N4O/c1-6-28(7-2)23-13-14-24(18(3)16-23)26-25(30)15-10-21-8-11-22(12-9-21)29-20(5)17-19(4)27-29/h8-9,11-14,16-17H,6-7,10,15H2,1-5H3,(H,26,30). The van der Waals surface area contributed by atoms with Crippen LogP contribution in [0.4, 0.5) is 11.4 Å². The third-order valence-corrected chi connectivity index (χ3v) is 5.44. The zero-order valence-electron chi connectivity index (χ0n) is 18.7.